The Labute approximate surface area is 430 Å². The highest BCUT2D eigenvalue weighted by Crippen LogP contribution is 2.30. The quantitative estimate of drug-likeness (QED) is 0.0205. The SMILES string of the molecule is CCCCCCCCCCCCC/C=C/CC/C=C/C(O)C(COC1OC(CO)C(OC2OC(CO)C(O)C(O)C2O)C(O)C1O)NC(=O)CCCCCCCCCCCCCCCCCCCCCC. The molecule has 12 unspecified atom stereocenters. The Morgan fingerprint density at radius 2 is 0.901 bits per heavy atom. The number of hydrogen-bond acceptors (Lipinski definition) is 13. The van der Waals surface area contributed by atoms with E-state index in [0.717, 1.165) is 32.1 Å². The average Bonchev–Trinajstić information content (AvgIpc) is 3.37. The van der Waals surface area contributed by atoms with Crippen molar-refractivity contribution in [3.8, 4) is 0 Å². The van der Waals surface area contributed by atoms with Crippen molar-refractivity contribution in [1.82, 2.24) is 5.32 Å². The Kier molecular flexibility index (Phi) is 40.4. The number of carbonyl (C=O) groups is 1. The molecule has 12 atom stereocenters. The third-order valence-electron chi connectivity index (χ3n) is 14.4. The molecule has 0 spiro atoms. The summed E-state index contributed by atoms with van der Waals surface area (Å²) in [6.45, 7) is 2.80. The molecular formula is C57H107NO13. The van der Waals surface area contributed by atoms with Crippen molar-refractivity contribution < 1.29 is 64.6 Å². The smallest absolute Gasteiger partial charge is 0.220 e. The van der Waals surface area contributed by atoms with Crippen LogP contribution in [0.15, 0.2) is 24.3 Å². The molecule has 2 aliphatic heterocycles. The number of unbranched alkanes of at least 4 members (excludes halogenated alkanes) is 31. The molecular weight excluding hydrogens is 907 g/mol. The normalized spacial score (nSPS) is 25.9. The van der Waals surface area contributed by atoms with Crippen molar-refractivity contribution >= 4 is 5.91 Å². The van der Waals surface area contributed by atoms with Crippen LogP contribution in [0.3, 0.4) is 0 Å². The van der Waals surface area contributed by atoms with Gasteiger partial charge in [-0.1, -0.05) is 224 Å². The highest BCUT2D eigenvalue weighted by molar-refractivity contribution is 5.76. The van der Waals surface area contributed by atoms with Crippen molar-refractivity contribution in [3.63, 3.8) is 0 Å². The Morgan fingerprint density at radius 1 is 0.493 bits per heavy atom. The summed E-state index contributed by atoms with van der Waals surface area (Å²) in [5, 5.41) is 87.0. The number of carbonyl (C=O) groups excluding carboxylic acids is 1. The molecule has 0 aromatic carbocycles. The van der Waals surface area contributed by atoms with Gasteiger partial charge in [0.05, 0.1) is 32.0 Å². The minimum atomic E-state index is -1.79. The molecule has 0 aromatic heterocycles. The van der Waals surface area contributed by atoms with Crippen molar-refractivity contribution in [1.29, 1.82) is 0 Å². The van der Waals surface area contributed by atoms with Gasteiger partial charge in [-0.25, -0.2) is 0 Å². The van der Waals surface area contributed by atoms with E-state index in [0.29, 0.717) is 12.8 Å². The van der Waals surface area contributed by atoms with E-state index in [2.05, 4.69) is 31.3 Å². The van der Waals surface area contributed by atoms with E-state index in [1.807, 2.05) is 6.08 Å². The molecule has 71 heavy (non-hydrogen) atoms. The van der Waals surface area contributed by atoms with Crippen molar-refractivity contribution in [3.05, 3.63) is 24.3 Å². The second kappa shape index (κ2) is 43.7. The second-order valence-corrected chi connectivity index (χ2v) is 20.8. The van der Waals surface area contributed by atoms with Gasteiger partial charge >= 0.3 is 0 Å². The van der Waals surface area contributed by atoms with Crippen LogP contribution in [0.2, 0.25) is 0 Å². The Hall–Kier alpha value is -1.53. The van der Waals surface area contributed by atoms with Crippen molar-refractivity contribution in [2.45, 2.75) is 312 Å². The van der Waals surface area contributed by atoms with Gasteiger partial charge in [0.2, 0.25) is 5.91 Å². The molecule has 0 aromatic rings. The maximum absolute atomic E-state index is 13.2. The maximum Gasteiger partial charge on any atom is 0.220 e. The number of aliphatic hydroxyl groups excluding tert-OH is 8. The van der Waals surface area contributed by atoms with Crippen LogP contribution < -0.4 is 5.32 Å². The van der Waals surface area contributed by atoms with Crippen LogP contribution >= 0.6 is 0 Å². The Bertz CT molecular complexity index is 1290. The zero-order valence-electron chi connectivity index (χ0n) is 44.7. The lowest BCUT2D eigenvalue weighted by molar-refractivity contribution is -0.359. The molecule has 14 nitrogen and oxygen atoms in total. The predicted octanol–water partition coefficient (Wildman–Crippen LogP) is 9.28. The molecule has 2 rings (SSSR count). The Morgan fingerprint density at radius 3 is 1.38 bits per heavy atom. The van der Waals surface area contributed by atoms with Crippen molar-refractivity contribution in [2.75, 3.05) is 19.8 Å². The summed E-state index contributed by atoms with van der Waals surface area (Å²) in [4.78, 5) is 13.2. The molecule has 0 aliphatic carbocycles. The standard InChI is InChI=1S/C57H107NO13/c1-3-5-7-9-11-13-15-17-19-21-22-23-25-27-29-31-33-35-37-39-41-49(62)58-45(46(61)40-38-36-34-32-30-28-26-24-20-18-16-14-12-10-8-6-4-2)44-68-56-54(67)52(65)55(48(43-60)70-56)71-57-53(66)51(64)50(63)47(42-59)69-57/h30,32,38,40,45-48,50-57,59-61,63-67H,3-29,31,33-37,39,41-44H2,1-2H3,(H,58,62)/b32-30+,40-38+. The summed E-state index contributed by atoms with van der Waals surface area (Å²) >= 11 is 0. The average molecular weight is 1010 g/mol. The lowest BCUT2D eigenvalue weighted by Crippen LogP contribution is -2.65. The number of nitrogens with one attached hydrogen (secondary N) is 1. The molecule has 2 heterocycles. The van der Waals surface area contributed by atoms with Gasteiger partial charge in [0.1, 0.15) is 48.8 Å². The van der Waals surface area contributed by atoms with Crippen LogP contribution in [0.1, 0.15) is 239 Å². The van der Waals surface area contributed by atoms with Gasteiger partial charge in [0.25, 0.3) is 0 Å². The molecule has 0 bridgehead atoms. The van der Waals surface area contributed by atoms with E-state index in [-0.39, 0.29) is 18.9 Å². The van der Waals surface area contributed by atoms with Crippen molar-refractivity contribution in [2.24, 2.45) is 0 Å². The number of hydrogen-bond donors (Lipinski definition) is 9. The van der Waals surface area contributed by atoms with Gasteiger partial charge in [-0.05, 0) is 32.1 Å². The first-order chi connectivity index (χ1) is 34.6. The molecule has 9 N–H and O–H groups in total. The fourth-order valence-electron chi connectivity index (χ4n) is 9.66. The van der Waals surface area contributed by atoms with Crippen LogP contribution in [0.4, 0.5) is 0 Å². The van der Waals surface area contributed by atoms with E-state index >= 15 is 0 Å². The minimum Gasteiger partial charge on any atom is -0.394 e. The van der Waals surface area contributed by atoms with E-state index in [1.54, 1.807) is 6.08 Å². The van der Waals surface area contributed by atoms with Crippen LogP contribution in [0, 0.1) is 0 Å². The number of aliphatic hydroxyl groups is 8. The fourth-order valence-corrected chi connectivity index (χ4v) is 9.66. The first-order valence-electron chi connectivity index (χ1n) is 29.1. The lowest BCUT2D eigenvalue weighted by atomic mass is 9.97. The van der Waals surface area contributed by atoms with Crippen LogP contribution in [-0.2, 0) is 23.7 Å². The fraction of sp³-hybridized carbons (Fsp3) is 0.912. The summed E-state index contributed by atoms with van der Waals surface area (Å²) in [6.07, 6.45) is 33.6. The van der Waals surface area contributed by atoms with Gasteiger partial charge in [-0.2, -0.15) is 0 Å². The second-order valence-electron chi connectivity index (χ2n) is 20.8. The lowest BCUT2D eigenvalue weighted by Gasteiger charge is -2.46. The maximum atomic E-state index is 13.2. The number of amides is 1. The molecule has 14 heteroatoms. The van der Waals surface area contributed by atoms with Crippen LogP contribution in [0.5, 0.6) is 0 Å². The van der Waals surface area contributed by atoms with E-state index in [4.69, 9.17) is 18.9 Å². The van der Waals surface area contributed by atoms with E-state index in [9.17, 15) is 45.6 Å². The highest BCUT2D eigenvalue weighted by Gasteiger charge is 2.51. The monoisotopic (exact) mass is 1010 g/mol. The molecule has 2 aliphatic rings. The molecule has 418 valence electrons. The molecule has 2 saturated heterocycles. The van der Waals surface area contributed by atoms with Crippen LogP contribution in [0.25, 0.3) is 0 Å². The molecule has 0 saturated carbocycles. The summed E-state index contributed by atoms with van der Waals surface area (Å²) in [5.74, 6) is -0.245. The number of allylic oxidation sites excluding steroid dienone is 3. The van der Waals surface area contributed by atoms with E-state index < -0.39 is 86.8 Å². The first kappa shape index (κ1) is 65.6. The highest BCUT2D eigenvalue weighted by atomic mass is 16.7. The van der Waals surface area contributed by atoms with Gasteiger partial charge < -0.3 is 65.1 Å². The van der Waals surface area contributed by atoms with Crippen LogP contribution in [-0.4, -0.2) is 140 Å². The summed E-state index contributed by atoms with van der Waals surface area (Å²) < 4.78 is 22.7. The Balaban J connectivity index is 1.79. The topological polar surface area (TPSA) is 228 Å². The first-order valence-corrected chi connectivity index (χ1v) is 29.1. The van der Waals surface area contributed by atoms with E-state index in [1.165, 1.54) is 173 Å². The largest absolute Gasteiger partial charge is 0.394 e. The van der Waals surface area contributed by atoms with Gasteiger partial charge in [-0.3, -0.25) is 4.79 Å². The predicted molar refractivity (Wildman–Crippen MR) is 282 cm³/mol. The summed E-state index contributed by atoms with van der Waals surface area (Å²) in [7, 11) is 0. The molecule has 0 radical (unpaired) electrons. The van der Waals surface area contributed by atoms with Gasteiger partial charge in [0, 0.05) is 6.42 Å². The van der Waals surface area contributed by atoms with Gasteiger partial charge in [0.15, 0.2) is 12.6 Å². The summed E-state index contributed by atoms with van der Waals surface area (Å²) in [5.41, 5.74) is 0. The number of rotatable bonds is 46. The number of ether oxygens (including phenoxy) is 4. The third-order valence-corrected chi connectivity index (χ3v) is 14.4. The zero-order chi connectivity index (χ0) is 51.7. The molecule has 1 amide bonds. The minimum absolute atomic E-state index is 0.245. The zero-order valence-corrected chi connectivity index (χ0v) is 44.7. The van der Waals surface area contributed by atoms with Gasteiger partial charge in [-0.15, -0.1) is 0 Å². The summed E-state index contributed by atoms with van der Waals surface area (Å²) in [6, 6.07) is -0.927. The third kappa shape index (κ3) is 30.0. The molecule has 2 fully saturated rings.